The van der Waals surface area contributed by atoms with E-state index in [0.29, 0.717) is 25.4 Å². The molecule has 1 amide bonds. The van der Waals surface area contributed by atoms with Crippen molar-refractivity contribution < 1.29 is 9.59 Å². The summed E-state index contributed by atoms with van der Waals surface area (Å²) >= 11 is 0. The Morgan fingerprint density at radius 1 is 1.25 bits per heavy atom. The highest BCUT2D eigenvalue weighted by atomic mass is 16.2. The maximum Gasteiger partial charge on any atom is 0.220 e. The quantitative estimate of drug-likeness (QED) is 0.635. The summed E-state index contributed by atoms with van der Waals surface area (Å²) in [5.41, 5.74) is 0. The Hall–Kier alpha value is -0.900. The maximum absolute atomic E-state index is 11.2. The summed E-state index contributed by atoms with van der Waals surface area (Å²) in [6, 6.07) is 0.536. The highest BCUT2D eigenvalue weighted by molar-refractivity contribution is 5.83. The van der Waals surface area contributed by atoms with Crippen molar-refractivity contribution in [2.24, 2.45) is 0 Å². The van der Waals surface area contributed by atoms with E-state index in [-0.39, 0.29) is 11.7 Å². The van der Waals surface area contributed by atoms with Crippen molar-refractivity contribution in [2.45, 2.75) is 46.1 Å². The molecule has 0 spiro atoms. The predicted molar refractivity (Wildman–Crippen MR) is 65.3 cm³/mol. The molecule has 0 rings (SSSR count). The van der Waals surface area contributed by atoms with Crippen molar-refractivity contribution in [3.63, 3.8) is 0 Å². The second-order valence-corrected chi connectivity index (χ2v) is 4.48. The van der Waals surface area contributed by atoms with E-state index in [2.05, 4.69) is 31.1 Å². The van der Waals surface area contributed by atoms with Crippen molar-refractivity contribution >= 4 is 11.7 Å². The van der Waals surface area contributed by atoms with Crippen molar-refractivity contribution in [3.05, 3.63) is 0 Å². The van der Waals surface area contributed by atoms with Crippen molar-refractivity contribution in [1.29, 1.82) is 0 Å². The number of nitrogens with zero attached hydrogens (tertiary/aromatic N) is 1. The zero-order chi connectivity index (χ0) is 12.6. The second kappa shape index (κ2) is 8.28. The minimum Gasteiger partial charge on any atom is -0.356 e. The summed E-state index contributed by atoms with van der Waals surface area (Å²) in [7, 11) is 2.07. The fourth-order valence-electron chi connectivity index (χ4n) is 1.19. The number of carbonyl (C=O) groups is 2. The van der Waals surface area contributed by atoms with Gasteiger partial charge in [0, 0.05) is 25.4 Å². The van der Waals surface area contributed by atoms with Gasteiger partial charge in [0.15, 0.2) is 0 Å². The first-order valence-electron chi connectivity index (χ1n) is 5.90. The van der Waals surface area contributed by atoms with Crippen LogP contribution in [0, 0.1) is 0 Å². The first kappa shape index (κ1) is 15.1. The lowest BCUT2D eigenvalue weighted by atomic mass is 10.2. The van der Waals surface area contributed by atoms with Crippen molar-refractivity contribution in [1.82, 2.24) is 10.2 Å². The number of carbonyl (C=O) groups excluding carboxylic acids is 2. The minimum absolute atomic E-state index is 0.0256. The Morgan fingerprint density at radius 3 is 2.38 bits per heavy atom. The van der Waals surface area contributed by atoms with Crippen LogP contribution in [0.1, 0.15) is 40.0 Å². The molecule has 0 aromatic carbocycles. The summed E-state index contributed by atoms with van der Waals surface area (Å²) in [5, 5.41) is 2.81. The number of amides is 1. The van der Waals surface area contributed by atoms with E-state index in [1.54, 1.807) is 0 Å². The van der Waals surface area contributed by atoms with Gasteiger partial charge in [-0.1, -0.05) is 0 Å². The number of Topliss-reactive ketones (excluding diaryl/α,β-unsaturated/α-hetero) is 1. The molecule has 0 unspecified atom stereocenters. The van der Waals surface area contributed by atoms with Crippen LogP contribution in [0.4, 0.5) is 0 Å². The van der Waals surface area contributed by atoms with Crippen molar-refractivity contribution in [3.8, 4) is 0 Å². The molecule has 0 bridgehead atoms. The zero-order valence-electron chi connectivity index (χ0n) is 10.9. The van der Waals surface area contributed by atoms with E-state index >= 15 is 0 Å². The van der Waals surface area contributed by atoms with Crippen LogP contribution in [-0.2, 0) is 9.59 Å². The van der Waals surface area contributed by atoms with Crippen LogP contribution in [0.15, 0.2) is 0 Å². The van der Waals surface area contributed by atoms with Crippen LogP contribution in [0.2, 0.25) is 0 Å². The number of ketones is 1. The highest BCUT2D eigenvalue weighted by Crippen LogP contribution is 1.95. The van der Waals surface area contributed by atoms with Gasteiger partial charge in [-0.05, 0) is 40.8 Å². The molecule has 0 heterocycles. The summed E-state index contributed by atoms with van der Waals surface area (Å²) in [6.07, 6.45) is 1.60. The summed E-state index contributed by atoms with van der Waals surface area (Å²) < 4.78 is 0. The fraction of sp³-hybridized carbons (Fsp3) is 0.833. The molecule has 0 radical (unpaired) electrons. The molecular weight excluding hydrogens is 204 g/mol. The molecule has 0 aromatic rings. The Bertz CT molecular complexity index is 227. The topological polar surface area (TPSA) is 49.4 Å². The van der Waals surface area contributed by atoms with Crippen LogP contribution in [-0.4, -0.2) is 42.8 Å². The minimum atomic E-state index is -0.0256. The summed E-state index contributed by atoms with van der Waals surface area (Å²) in [5.74, 6) is 0.0390. The number of nitrogens with one attached hydrogen (secondary N) is 1. The van der Waals surface area contributed by atoms with Gasteiger partial charge >= 0.3 is 0 Å². The fourth-order valence-corrected chi connectivity index (χ4v) is 1.19. The standard InChI is InChI=1S/C12H24N2O2/c1-10(2)14(4)9-5-8-13-12(16)7-6-11(3)15/h10H,5-9H2,1-4H3,(H,13,16). The molecule has 0 atom stereocenters. The third-order valence-corrected chi connectivity index (χ3v) is 2.60. The van der Waals surface area contributed by atoms with E-state index < -0.39 is 0 Å². The normalized spacial score (nSPS) is 10.9. The van der Waals surface area contributed by atoms with E-state index in [9.17, 15) is 9.59 Å². The maximum atomic E-state index is 11.2. The molecule has 0 saturated heterocycles. The smallest absolute Gasteiger partial charge is 0.220 e. The van der Waals surface area contributed by atoms with Crippen molar-refractivity contribution in [2.75, 3.05) is 20.1 Å². The van der Waals surface area contributed by atoms with Gasteiger partial charge in [0.2, 0.25) is 5.91 Å². The lowest BCUT2D eigenvalue weighted by Gasteiger charge is -2.20. The average molecular weight is 228 g/mol. The molecule has 4 heteroatoms. The van der Waals surface area contributed by atoms with E-state index in [1.807, 2.05) is 0 Å². The van der Waals surface area contributed by atoms with Gasteiger partial charge in [-0.15, -0.1) is 0 Å². The van der Waals surface area contributed by atoms with Gasteiger partial charge in [0.1, 0.15) is 5.78 Å². The van der Waals surface area contributed by atoms with Crippen LogP contribution in [0.25, 0.3) is 0 Å². The average Bonchev–Trinajstić information content (AvgIpc) is 2.20. The van der Waals surface area contributed by atoms with Gasteiger partial charge in [0.05, 0.1) is 0 Å². The monoisotopic (exact) mass is 228 g/mol. The Balaban J connectivity index is 3.44. The van der Waals surface area contributed by atoms with E-state index in [4.69, 9.17) is 0 Å². The van der Waals surface area contributed by atoms with Gasteiger partial charge in [-0.3, -0.25) is 4.79 Å². The van der Waals surface area contributed by atoms with Crippen LogP contribution >= 0.6 is 0 Å². The Kier molecular flexibility index (Phi) is 7.81. The van der Waals surface area contributed by atoms with Crippen LogP contribution in [0.3, 0.4) is 0 Å². The number of rotatable bonds is 8. The summed E-state index contributed by atoms with van der Waals surface area (Å²) in [6.45, 7) is 7.46. The first-order chi connectivity index (χ1) is 7.43. The SMILES string of the molecule is CC(=O)CCC(=O)NCCCN(C)C(C)C. The molecule has 0 aliphatic rings. The van der Waals surface area contributed by atoms with Gasteiger partial charge in [0.25, 0.3) is 0 Å². The number of hydrogen-bond acceptors (Lipinski definition) is 3. The van der Waals surface area contributed by atoms with Crippen LogP contribution < -0.4 is 5.32 Å². The Morgan fingerprint density at radius 2 is 1.88 bits per heavy atom. The molecule has 0 fully saturated rings. The molecule has 0 aliphatic carbocycles. The second-order valence-electron chi connectivity index (χ2n) is 4.48. The molecule has 1 N–H and O–H groups in total. The molecule has 0 aliphatic heterocycles. The van der Waals surface area contributed by atoms with E-state index in [0.717, 1.165) is 13.0 Å². The van der Waals surface area contributed by atoms with E-state index in [1.165, 1.54) is 6.92 Å². The third-order valence-electron chi connectivity index (χ3n) is 2.60. The molecule has 94 valence electrons. The third kappa shape index (κ3) is 8.41. The van der Waals surface area contributed by atoms with Crippen LogP contribution in [0.5, 0.6) is 0 Å². The zero-order valence-corrected chi connectivity index (χ0v) is 10.9. The lowest BCUT2D eigenvalue weighted by Crippen LogP contribution is -2.31. The predicted octanol–water partition coefficient (Wildman–Crippen LogP) is 1.20. The molecule has 4 nitrogen and oxygen atoms in total. The Labute approximate surface area is 98.4 Å². The number of hydrogen-bond donors (Lipinski definition) is 1. The van der Waals surface area contributed by atoms with Gasteiger partial charge < -0.3 is 15.0 Å². The summed E-state index contributed by atoms with van der Waals surface area (Å²) in [4.78, 5) is 24.1. The molecule has 16 heavy (non-hydrogen) atoms. The lowest BCUT2D eigenvalue weighted by molar-refractivity contribution is -0.124. The first-order valence-corrected chi connectivity index (χ1v) is 5.90. The highest BCUT2D eigenvalue weighted by Gasteiger charge is 2.04. The molecular formula is C12H24N2O2. The largest absolute Gasteiger partial charge is 0.356 e. The molecule has 0 aromatic heterocycles. The van der Waals surface area contributed by atoms with Gasteiger partial charge in [-0.25, -0.2) is 0 Å². The molecule has 0 saturated carbocycles. The van der Waals surface area contributed by atoms with Gasteiger partial charge in [-0.2, -0.15) is 0 Å².